The van der Waals surface area contributed by atoms with Gasteiger partial charge in [-0.3, -0.25) is 0 Å². The highest BCUT2D eigenvalue weighted by molar-refractivity contribution is 6.10. The SMILES string of the molecule is c1ccc(-c2ccc(-n3c4ccccc4c4ccc(-c5ccc(N(c6cccc(-c7ccccc7)c6)c6ccc7c(c6)C6(c8ccccc8-c8ccccc86)c6ccccc6-7)cc5)cc43)cc2)cc1. The summed E-state index contributed by atoms with van der Waals surface area (Å²) in [5.41, 5.74) is 24.1. The van der Waals surface area contributed by atoms with Crippen LogP contribution in [-0.2, 0) is 5.41 Å². The minimum Gasteiger partial charge on any atom is -0.310 e. The zero-order valence-electron chi connectivity index (χ0n) is 37.8. The van der Waals surface area contributed by atoms with Crippen LogP contribution in [0.3, 0.4) is 0 Å². The van der Waals surface area contributed by atoms with E-state index in [1.165, 1.54) is 94.1 Å². The predicted octanol–water partition coefficient (Wildman–Crippen LogP) is 17.6. The van der Waals surface area contributed by atoms with E-state index in [9.17, 15) is 0 Å². The highest BCUT2D eigenvalue weighted by Gasteiger charge is 2.51. The minimum absolute atomic E-state index is 0.443. The lowest BCUT2D eigenvalue weighted by molar-refractivity contribution is 0.793. The minimum atomic E-state index is -0.443. The standard InChI is InChI=1S/C67H44N2/c1-3-16-45(17-4-1)47-30-37-52(38-31-47)69-65-29-14-10-25-59(65)60-40-34-50(43-66(60)69)48-32-35-51(36-33-48)68(53-21-15-20-49(42-53)46-18-5-2-6-19-46)54-39-41-58-57-24-9-13-28-63(57)67(64(58)44-54)61-26-11-7-22-55(61)56-23-8-12-27-62(56)67/h1-44H. The summed E-state index contributed by atoms with van der Waals surface area (Å²) >= 11 is 0. The van der Waals surface area contributed by atoms with Crippen LogP contribution in [0, 0.1) is 0 Å². The van der Waals surface area contributed by atoms with Crippen molar-refractivity contribution in [2.24, 2.45) is 0 Å². The second kappa shape index (κ2) is 15.6. The number of para-hydroxylation sites is 1. The van der Waals surface area contributed by atoms with Gasteiger partial charge >= 0.3 is 0 Å². The first-order chi connectivity index (χ1) is 34.2. The monoisotopic (exact) mass is 876 g/mol. The van der Waals surface area contributed by atoms with E-state index < -0.39 is 5.41 Å². The van der Waals surface area contributed by atoms with Gasteiger partial charge in [0, 0.05) is 33.5 Å². The maximum Gasteiger partial charge on any atom is 0.0726 e. The summed E-state index contributed by atoms with van der Waals surface area (Å²) in [5, 5.41) is 2.49. The molecule has 1 aromatic heterocycles. The fourth-order valence-electron chi connectivity index (χ4n) is 11.8. The van der Waals surface area contributed by atoms with Crippen LogP contribution in [0.4, 0.5) is 17.1 Å². The van der Waals surface area contributed by atoms with Crippen LogP contribution in [0.1, 0.15) is 22.3 Å². The smallest absolute Gasteiger partial charge is 0.0726 e. The quantitative estimate of drug-likeness (QED) is 0.155. The van der Waals surface area contributed by atoms with Crippen LogP contribution in [0.5, 0.6) is 0 Å². The second-order valence-electron chi connectivity index (χ2n) is 18.4. The Hall–Kier alpha value is -8.98. The third-order valence-electron chi connectivity index (χ3n) is 14.8. The molecule has 2 heteroatoms. The van der Waals surface area contributed by atoms with E-state index in [2.05, 4.69) is 276 Å². The number of nitrogens with zero attached hydrogens (tertiary/aromatic N) is 2. The van der Waals surface area contributed by atoms with Gasteiger partial charge in [-0.1, -0.05) is 206 Å². The van der Waals surface area contributed by atoms with Crippen LogP contribution in [-0.4, -0.2) is 4.57 Å². The third kappa shape index (κ3) is 5.99. The molecule has 0 saturated heterocycles. The Morgan fingerprint density at radius 2 is 0.710 bits per heavy atom. The highest BCUT2D eigenvalue weighted by Crippen LogP contribution is 2.63. The summed E-state index contributed by atoms with van der Waals surface area (Å²) in [6.07, 6.45) is 0. The van der Waals surface area contributed by atoms with Crippen molar-refractivity contribution in [2.45, 2.75) is 5.41 Å². The van der Waals surface area contributed by atoms with Gasteiger partial charge in [0.2, 0.25) is 0 Å². The van der Waals surface area contributed by atoms with Crippen molar-refractivity contribution in [1.82, 2.24) is 4.57 Å². The molecule has 2 nitrogen and oxygen atoms in total. The van der Waals surface area contributed by atoms with Gasteiger partial charge in [0.1, 0.15) is 0 Å². The Bertz CT molecular complexity index is 3870. The molecule has 69 heavy (non-hydrogen) atoms. The molecule has 0 bridgehead atoms. The van der Waals surface area contributed by atoms with Crippen LogP contribution >= 0.6 is 0 Å². The van der Waals surface area contributed by atoms with Crippen LogP contribution in [0.15, 0.2) is 267 Å². The Balaban J connectivity index is 0.915. The van der Waals surface area contributed by atoms with Gasteiger partial charge in [-0.05, 0) is 139 Å². The molecule has 14 rings (SSSR count). The number of aromatic nitrogens is 1. The van der Waals surface area contributed by atoms with Crippen LogP contribution in [0.2, 0.25) is 0 Å². The fourth-order valence-corrected chi connectivity index (χ4v) is 11.8. The molecule has 1 heterocycles. The number of rotatable bonds is 7. The molecule has 0 radical (unpaired) electrons. The van der Waals surface area contributed by atoms with Crippen molar-refractivity contribution >= 4 is 38.9 Å². The lowest BCUT2D eigenvalue weighted by atomic mass is 9.70. The number of hydrogen-bond donors (Lipinski definition) is 0. The van der Waals surface area contributed by atoms with Crippen molar-refractivity contribution in [3.63, 3.8) is 0 Å². The van der Waals surface area contributed by atoms with Crippen LogP contribution < -0.4 is 4.90 Å². The summed E-state index contributed by atoms with van der Waals surface area (Å²) < 4.78 is 2.42. The van der Waals surface area contributed by atoms with Crippen molar-refractivity contribution in [2.75, 3.05) is 4.90 Å². The molecule has 11 aromatic carbocycles. The lowest BCUT2D eigenvalue weighted by Crippen LogP contribution is -2.26. The van der Waals surface area contributed by atoms with Crippen molar-refractivity contribution in [3.05, 3.63) is 289 Å². The summed E-state index contributed by atoms with van der Waals surface area (Å²) in [7, 11) is 0. The molecule has 2 aliphatic rings. The molecule has 0 atom stereocenters. The van der Waals surface area contributed by atoms with Gasteiger partial charge in [-0.2, -0.15) is 0 Å². The molecule has 1 spiro atoms. The average Bonchev–Trinajstić information content (AvgIpc) is 4.03. The molecule has 0 unspecified atom stereocenters. The van der Waals surface area contributed by atoms with E-state index in [4.69, 9.17) is 0 Å². The lowest BCUT2D eigenvalue weighted by Gasteiger charge is -2.32. The predicted molar refractivity (Wildman–Crippen MR) is 288 cm³/mol. The van der Waals surface area contributed by atoms with E-state index in [1.54, 1.807) is 0 Å². The second-order valence-corrected chi connectivity index (χ2v) is 18.4. The largest absolute Gasteiger partial charge is 0.310 e. The Morgan fingerprint density at radius 1 is 0.261 bits per heavy atom. The molecule has 0 fully saturated rings. The summed E-state index contributed by atoms with van der Waals surface area (Å²) in [6.45, 7) is 0. The van der Waals surface area contributed by atoms with Gasteiger partial charge in [0.15, 0.2) is 0 Å². The summed E-state index contributed by atoms with van der Waals surface area (Å²) in [5.74, 6) is 0. The van der Waals surface area contributed by atoms with Crippen molar-refractivity contribution in [1.29, 1.82) is 0 Å². The average molecular weight is 877 g/mol. The first-order valence-corrected chi connectivity index (χ1v) is 23.9. The fraction of sp³-hybridized carbons (Fsp3) is 0.0149. The van der Waals surface area contributed by atoms with Gasteiger partial charge < -0.3 is 9.47 Å². The molecule has 0 saturated carbocycles. The first kappa shape index (κ1) is 39.2. The van der Waals surface area contributed by atoms with Crippen LogP contribution in [0.25, 0.3) is 83.1 Å². The number of anilines is 3. The van der Waals surface area contributed by atoms with E-state index in [0.717, 1.165) is 28.3 Å². The number of benzene rings is 11. The third-order valence-corrected chi connectivity index (χ3v) is 14.8. The summed E-state index contributed by atoms with van der Waals surface area (Å²) in [6, 6.07) is 98.5. The Labute approximate surface area is 402 Å². The van der Waals surface area contributed by atoms with E-state index >= 15 is 0 Å². The molecule has 0 aliphatic heterocycles. The molecule has 0 amide bonds. The normalized spacial score (nSPS) is 12.8. The van der Waals surface area contributed by atoms with E-state index in [-0.39, 0.29) is 0 Å². The van der Waals surface area contributed by atoms with E-state index in [0.29, 0.717) is 0 Å². The number of hydrogen-bond acceptors (Lipinski definition) is 1. The summed E-state index contributed by atoms with van der Waals surface area (Å²) in [4.78, 5) is 2.44. The number of fused-ring (bicyclic) bond motifs is 13. The molecular formula is C67H44N2. The first-order valence-electron chi connectivity index (χ1n) is 23.9. The van der Waals surface area contributed by atoms with Crippen molar-refractivity contribution in [3.8, 4) is 61.3 Å². The molecule has 322 valence electrons. The molecule has 0 N–H and O–H groups in total. The zero-order valence-corrected chi connectivity index (χ0v) is 37.8. The van der Waals surface area contributed by atoms with Gasteiger partial charge in [0.25, 0.3) is 0 Å². The molecule has 2 aliphatic carbocycles. The maximum absolute atomic E-state index is 2.48. The zero-order chi connectivity index (χ0) is 45.5. The topological polar surface area (TPSA) is 8.17 Å². The molecule has 12 aromatic rings. The van der Waals surface area contributed by atoms with Crippen molar-refractivity contribution < 1.29 is 0 Å². The molecular weight excluding hydrogens is 833 g/mol. The maximum atomic E-state index is 2.48. The van der Waals surface area contributed by atoms with Gasteiger partial charge in [-0.25, -0.2) is 0 Å². The van der Waals surface area contributed by atoms with Gasteiger partial charge in [-0.15, -0.1) is 0 Å². The highest BCUT2D eigenvalue weighted by atomic mass is 15.1. The van der Waals surface area contributed by atoms with Gasteiger partial charge in [0.05, 0.1) is 16.4 Å². The Morgan fingerprint density at radius 3 is 1.38 bits per heavy atom. The van der Waals surface area contributed by atoms with E-state index in [1.807, 2.05) is 0 Å². The Kier molecular flexibility index (Phi) is 8.84.